The Balaban J connectivity index is 1.36. The Labute approximate surface area is 145 Å². The van der Waals surface area contributed by atoms with E-state index in [0.29, 0.717) is 6.67 Å². The van der Waals surface area contributed by atoms with Gasteiger partial charge >= 0.3 is 6.03 Å². The number of thiazole rings is 1. The summed E-state index contributed by atoms with van der Waals surface area (Å²) in [6.45, 7) is 3.83. The van der Waals surface area contributed by atoms with Crippen molar-refractivity contribution in [1.29, 1.82) is 0 Å². The number of imide groups is 1. The Kier molecular flexibility index (Phi) is 4.17. The summed E-state index contributed by atoms with van der Waals surface area (Å²) in [6, 6.07) is -0.218. The van der Waals surface area contributed by atoms with E-state index in [1.165, 1.54) is 4.90 Å². The minimum atomic E-state index is -0.613. The molecule has 0 atom stereocenters. The van der Waals surface area contributed by atoms with Gasteiger partial charge in [-0.05, 0) is 12.8 Å². The quantitative estimate of drug-likeness (QED) is 0.837. The van der Waals surface area contributed by atoms with Crippen LogP contribution in [0.5, 0.6) is 0 Å². The lowest BCUT2D eigenvalue weighted by Crippen LogP contribution is -2.52. The molecule has 7 nitrogen and oxygen atoms in total. The van der Waals surface area contributed by atoms with Gasteiger partial charge in [-0.1, -0.05) is 19.3 Å². The first-order chi connectivity index (χ1) is 11.7. The maximum absolute atomic E-state index is 12.8. The number of hydrogen-bond donors (Lipinski definition) is 1. The van der Waals surface area contributed by atoms with Crippen molar-refractivity contribution in [2.45, 2.75) is 37.6 Å². The van der Waals surface area contributed by atoms with Crippen LogP contribution in [0.25, 0.3) is 0 Å². The molecule has 3 amide bonds. The van der Waals surface area contributed by atoms with Crippen LogP contribution < -0.4 is 10.2 Å². The number of rotatable bonds is 3. The monoisotopic (exact) mass is 349 g/mol. The van der Waals surface area contributed by atoms with Crippen LogP contribution >= 0.6 is 11.3 Å². The molecule has 1 aromatic rings. The van der Waals surface area contributed by atoms with Gasteiger partial charge in [0.1, 0.15) is 5.54 Å². The third-order valence-corrected chi connectivity index (χ3v) is 6.19. The fraction of sp³-hybridized carbons (Fsp3) is 0.688. The van der Waals surface area contributed by atoms with E-state index in [0.717, 1.165) is 63.4 Å². The summed E-state index contributed by atoms with van der Waals surface area (Å²) < 4.78 is 0. The van der Waals surface area contributed by atoms with E-state index in [2.05, 4.69) is 20.1 Å². The van der Waals surface area contributed by atoms with Crippen molar-refractivity contribution < 1.29 is 9.59 Å². The number of carbonyl (C=O) groups excluding carboxylic acids is 2. The molecule has 2 saturated heterocycles. The van der Waals surface area contributed by atoms with Crippen LogP contribution in [0, 0.1) is 0 Å². The summed E-state index contributed by atoms with van der Waals surface area (Å²) in [5.74, 6) is -0.0189. The highest BCUT2D eigenvalue weighted by molar-refractivity contribution is 7.13. The zero-order valence-electron chi connectivity index (χ0n) is 13.7. The number of urea groups is 1. The van der Waals surface area contributed by atoms with Gasteiger partial charge in [0, 0.05) is 37.8 Å². The highest BCUT2D eigenvalue weighted by atomic mass is 32.1. The Bertz CT molecular complexity index is 606. The van der Waals surface area contributed by atoms with Gasteiger partial charge in [0.2, 0.25) is 0 Å². The standard InChI is InChI=1S/C16H23N5O2S/c22-13-16(4-2-1-3-5-16)18-14(23)21(13)12-19-7-9-20(10-8-19)15-17-6-11-24-15/h6,11H,1-5,7-10,12H2,(H,18,23). The number of amides is 3. The molecule has 4 rings (SSSR count). The number of aromatic nitrogens is 1. The van der Waals surface area contributed by atoms with Crippen LogP contribution in [0.1, 0.15) is 32.1 Å². The van der Waals surface area contributed by atoms with Crippen LogP contribution in [0.15, 0.2) is 11.6 Å². The molecule has 130 valence electrons. The molecule has 0 unspecified atom stereocenters. The van der Waals surface area contributed by atoms with Gasteiger partial charge in [-0.3, -0.25) is 9.69 Å². The van der Waals surface area contributed by atoms with Gasteiger partial charge in [0.15, 0.2) is 5.13 Å². The zero-order chi connectivity index (χ0) is 16.6. The zero-order valence-corrected chi connectivity index (χ0v) is 14.6. The Hall–Kier alpha value is -1.67. The molecule has 1 saturated carbocycles. The number of hydrogen-bond acceptors (Lipinski definition) is 6. The normalized spacial score (nSPS) is 24.7. The van der Waals surface area contributed by atoms with E-state index < -0.39 is 5.54 Å². The second-order valence-corrected chi connectivity index (χ2v) is 7.74. The predicted octanol–water partition coefficient (Wildman–Crippen LogP) is 1.48. The summed E-state index contributed by atoms with van der Waals surface area (Å²) in [5.41, 5.74) is -0.613. The summed E-state index contributed by atoms with van der Waals surface area (Å²) >= 11 is 1.65. The molecule has 1 aromatic heterocycles. The predicted molar refractivity (Wildman–Crippen MR) is 92.0 cm³/mol. The third kappa shape index (κ3) is 2.77. The fourth-order valence-corrected chi connectivity index (χ4v) is 4.65. The number of nitrogens with one attached hydrogen (secondary N) is 1. The van der Waals surface area contributed by atoms with Crippen LogP contribution in [0.3, 0.4) is 0 Å². The molecular formula is C16H23N5O2S. The topological polar surface area (TPSA) is 68.8 Å². The van der Waals surface area contributed by atoms with E-state index in [1.807, 2.05) is 11.6 Å². The van der Waals surface area contributed by atoms with Gasteiger partial charge in [-0.25, -0.2) is 14.7 Å². The lowest BCUT2D eigenvalue weighted by molar-refractivity contribution is -0.133. The first-order valence-corrected chi connectivity index (χ1v) is 9.57. The number of carbonyl (C=O) groups is 2. The van der Waals surface area contributed by atoms with Crippen molar-refractivity contribution in [1.82, 2.24) is 20.1 Å². The maximum Gasteiger partial charge on any atom is 0.326 e. The van der Waals surface area contributed by atoms with Crippen molar-refractivity contribution in [3.63, 3.8) is 0 Å². The van der Waals surface area contributed by atoms with Gasteiger partial charge in [-0.15, -0.1) is 11.3 Å². The van der Waals surface area contributed by atoms with E-state index in [1.54, 1.807) is 11.3 Å². The average molecular weight is 349 g/mol. The SMILES string of the molecule is O=C1NC2(CCCCC2)C(=O)N1CN1CCN(c2nccs2)CC1. The van der Waals surface area contributed by atoms with Gasteiger partial charge in [0.05, 0.1) is 6.67 Å². The highest BCUT2D eigenvalue weighted by Crippen LogP contribution is 2.33. The fourth-order valence-electron chi connectivity index (χ4n) is 3.95. The summed E-state index contributed by atoms with van der Waals surface area (Å²) in [7, 11) is 0. The molecule has 3 aliphatic rings. The highest BCUT2D eigenvalue weighted by Gasteiger charge is 2.51. The van der Waals surface area contributed by atoms with E-state index in [-0.39, 0.29) is 11.9 Å². The van der Waals surface area contributed by atoms with Gasteiger partial charge in [0.25, 0.3) is 5.91 Å². The molecule has 8 heteroatoms. The van der Waals surface area contributed by atoms with Crippen molar-refractivity contribution in [3.05, 3.63) is 11.6 Å². The molecule has 0 aromatic carbocycles. The van der Waals surface area contributed by atoms with Gasteiger partial charge in [-0.2, -0.15) is 0 Å². The van der Waals surface area contributed by atoms with E-state index >= 15 is 0 Å². The van der Waals surface area contributed by atoms with Gasteiger partial charge < -0.3 is 10.2 Å². The molecule has 2 aliphatic heterocycles. The Morgan fingerprint density at radius 2 is 1.88 bits per heavy atom. The molecule has 3 fully saturated rings. The lowest BCUT2D eigenvalue weighted by Gasteiger charge is -2.36. The Morgan fingerprint density at radius 3 is 2.54 bits per heavy atom. The van der Waals surface area contributed by atoms with Crippen LogP contribution in [-0.4, -0.2) is 65.1 Å². The first kappa shape index (κ1) is 15.8. The smallest absolute Gasteiger partial charge is 0.326 e. The van der Waals surface area contributed by atoms with Crippen molar-refractivity contribution >= 4 is 28.4 Å². The molecular weight excluding hydrogens is 326 g/mol. The first-order valence-electron chi connectivity index (χ1n) is 8.69. The maximum atomic E-state index is 12.8. The summed E-state index contributed by atoms with van der Waals surface area (Å²) in [6.07, 6.45) is 6.59. The molecule has 24 heavy (non-hydrogen) atoms. The molecule has 1 N–H and O–H groups in total. The van der Waals surface area contributed by atoms with Crippen LogP contribution in [0.4, 0.5) is 9.93 Å². The summed E-state index contributed by atoms with van der Waals surface area (Å²) in [4.78, 5) is 35.4. The number of nitrogens with zero attached hydrogens (tertiary/aromatic N) is 4. The summed E-state index contributed by atoms with van der Waals surface area (Å²) in [5, 5.41) is 6.01. The van der Waals surface area contributed by atoms with E-state index in [9.17, 15) is 9.59 Å². The average Bonchev–Trinajstić information content (AvgIpc) is 3.21. The Morgan fingerprint density at radius 1 is 1.12 bits per heavy atom. The number of piperazine rings is 1. The lowest BCUT2D eigenvalue weighted by atomic mass is 9.82. The van der Waals surface area contributed by atoms with Crippen molar-refractivity contribution in [2.75, 3.05) is 37.7 Å². The molecule has 0 radical (unpaired) electrons. The minimum absolute atomic E-state index is 0.0189. The van der Waals surface area contributed by atoms with Crippen LogP contribution in [0.2, 0.25) is 0 Å². The van der Waals surface area contributed by atoms with Crippen LogP contribution in [-0.2, 0) is 4.79 Å². The molecule has 1 spiro atoms. The molecule has 0 bridgehead atoms. The molecule has 3 heterocycles. The largest absolute Gasteiger partial charge is 0.346 e. The third-order valence-electron chi connectivity index (χ3n) is 5.36. The van der Waals surface area contributed by atoms with Crippen molar-refractivity contribution in [2.24, 2.45) is 0 Å². The van der Waals surface area contributed by atoms with E-state index in [4.69, 9.17) is 0 Å². The second kappa shape index (κ2) is 6.33. The second-order valence-electron chi connectivity index (χ2n) is 6.87. The van der Waals surface area contributed by atoms with Crippen molar-refractivity contribution in [3.8, 4) is 0 Å². The molecule has 1 aliphatic carbocycles. The minimum Gasteiger partial charge on any atom is -0.346 e. The number of anilines is 1.